The van der Waals surface area contributed by atoms with E-state index in [9.17, 15) is 9.59 Å². The molecule has 3 rings (SSSR count). The second-order valence-electron chi connectivity index (χ2n) is 6.44. The summed E-state index contributed by atoms with van der Waals surface area (Å²) >= 11 is 5.28. The maximum atomic E-state index is 12.4. The highest BCUT2D eigenvalue weighted by Gasteiger charge is 2.12. The summed E-state index contributed by atoms with van der Waals surface area (Å²) in [5.74, 6) is 0.0292. The van der Waals surface area contributed by atoms with Gasteiger partial charge in [-0.2, -0.15) is 0 Å². The van der Waals surface area contributed by atoms with Crippen LogP contribution in [0.5, 0.6) is 5.75 Å². The number of nitrogens with one attached hydrogen (secondary N) is 3. The zero-order valence-corrected chi connectivity index (χ0v) is 17.4. The van der Waals surface area contributed by atoms with Crippen molar-refractivity contribution in [2.45, 2.75) is 6.92 Å². The van der Waals surface area contributed by atoms with Crippen molar-refractivity contribution in [3.05, 3.63) is 89.5 Å². The molecule has 0 unspecified atom stereocenters. The molecular weight excluding hydrogens is 398 g/mol. The minimum Gasteiger partial charge on any atom is -0.497 e. The molecular formula is C23H21N3O3S. The SMILES string of the molecule is COc1cccc(C(=O)NC(=S)Nc2cccc(NC(=O)c3ccccc3)c2C)c1. The van der Waals surface area contributed by atoms with Crippen LogP contribution >= 0.6 is 12.2 Å². The van der Waals surface area contributed by atoms with Crippen LogP contribution in [0.15, 0.2) is 72.8 Å². The fraction of sp³-hybridized carbons (Fsp3) is 0.0870. The first-order chi connectivity index (χ1) is 14.5. The highest BCUT2D eigenvalue weighted by atomic mass is 32.1. The fourth-order valence-corrected chi connectivity index (χ4v) is 2.99. The Hall–Kier alpha value is -3.71. The van der Waals surface area contributed by atoms with E-state index in [0.29, 0.717) is 28.3 Å². The van der Waals surface area contributed by atoms with Crippen LogP contribution in [-0.4, -0.2) is 24.0 Å². The van der Waals surface area contributed by atoms with Crippen LogP contribution in [0.1, 0.15) is 26.3 Å². The average Bonchev–Trinajstić information content (AvgIpc) is 2.77. The first-order valence-corrected chi connectivity index (χ1v) is 9.61. The van der Waals surface area contributed by atoms with Crippen LogP contribution in [0.4, 0.5) is 11.4 Å². The zero-order valence-electron chi connectivity index (χ0n) is 16.6. The summed E-state index contributed by atoms with van der Waals surface area (Å²) in [6.45, 7) is 1.86. The normalized spacial score (nSPS) is 10.1. The molecule has 3 N–H and O–H groups in total. The Kier molecular flexibility index (Phi) is 6.77. The first kappa shape index (κ1) is 21.0. The van der Waals surface area contributed by atoms with Gasteiger partial charge in [-0.3, -0.25) is 14.9 Å². The highest BCUT2D eigenvalue weighted by Crippen LogP contribution is 2.24. The Balaban J connectivity index is 1.67. The van der Waals surface area contributed by atoms with Gasteiger partial charge in [-0.1, -0.05) is 30.3 Å². The monoisotopic (exact) mass is 419 g/mol. The second kappa shape index (κ2) is 9.67. The molecule has 0 fully saturated rings. The third kappa shape index (κ3) is 5.21. The predicted octanol–water partition coefficient (Wildman–Crippen LogP) is 4.38. The van der Waals surface area contributed by atoms with E-state index in [4.69, 9.17) is 17.0 Å². The number of rotatable bonds is 5. The van der Waals surface area contributed by atoms with Gasteiger partial charge in [0, 0.05) is 22.5 Å². The topological polar surface area (TPSA) is 79.5 Å². The summed E-state index contributed by atoms with van der Waals surface area (Å²) < 4.78 is 5.14. The first-order valence-electron chi connectivity index (χ1n) is 9.20. The quantitative estimate of drug-likeness (QED) is 0.535. The number of methoxy groups -OCH3 is 1. The highest BCUT2D eigenvalue weighted by molar-refractivity contribution is 7.80. The summed E-state index contributed by atoms with van der Waals surface area (Å²) in [7, 11) is 1.54. The summed E-state index contributed by atoms with van der Waals surface area (Å²) in [6, 6.07) is 21.2. The van der Waals surface area contributed by atoms with Crippen molar-refractivity contribution in [3.8, 4) is 5.75 Å². The molecule has 152 valence electrons. The van der Waals surface area contributed by atoms with Crippen LogP contribution in [0.25, 0.3) is 0 Å². The molecule has 0 saturated heterocycles. The van der Waals surface area contributed by atoms with Crippen molar-refractivity contribution < 1.29 is 14.3 Å². The molecule has 0 bridgehead atoms. The molecule has 2 amide bonds. The minimum atomic E-state index is -0.349. The lowest BCUT2D eigenvalue weighted by Crippen LogP contribution is -2.34. The summed E-state index contributed by atoms with van der Waals surface area (Å²) in [5, 5.41) is 8.70. The lowest BCUT2D eigenvalue weighted by molar-refractivity contribution is 0.0976. The van der Waals surface area contributed by atoms with E-state index in [-0.39, 0.29) is 16.9 Å². The Bertz CT molecular complexity index is 1080. The standard InChI is InChI=1S/C23H21N3O3S/c1-15-19(24-21(27)16-8-4-3-5-9-16)12-7-13-20(15)25-23(30)26-22(28)17-10-6-11-18(14-17)29-2/h3-14H,1-2H3,(H,24,27)(H2,25,26,28,30). The van der Waals surface area contributed by atoms with Crippen molar-refractivity contribution in [1.29, 1.82) is 0 Å². The zero-order chi connectivity index (χ0) is 21.5. The summed E-state index contributed by atoms with van der Waals surface area (Å²) in [5.41, 5.74) is 3.11. The van der Waals surface area contributed by atoms with E-state index in [2.05, 4.69) is 16.0 Å². The molecule has 0 atom stereocenters. The van der Waals surface area contributed by atoms with Gasteiger partial charge in [0.05, 0.1) is 7.11 Å². The Labute approximate surface area is 180 Å². The molecule has 3 aromatic carbocycles. The van der Waals surface area contributed by atoms with Gasteiger partial charge >= 0.3 is 0 Å². The van der Waals surface area contributed by atoms with E-state index in [1.165, 1.54) is 7.11 Å². The average molecular weight is 420 g/mol. The molecule has 0 spiro atoms. The number of amides is 2. The lowest BCUT2D eigenvalue weighted by atomic mass is 10.1. The number of anilines is 2. The van der Waals surface area contributed by atoms with Crippen molar-refractivity contribution in [3.63, 3.8) is 0 Å². The Morgan fingerprint density at radius 1 is 0.800 bits per heavy atom. The van der Waals surface area contributed by atoms with Gasteiger partial charge in [-0.25, -0.2) is 0 Å². The Morgan fingerprint density at radius 2 is 1.43 bits per heavy atom. The van der Waals surface area contributed by atoms with Gasteiger partial charge in [0.15, 0.2) is 5.11 Å². The summed E-state index contributed by atoms with van der Waals surface area (Å²) in [6.07, 6.45) is 0. The number of hydrogen-bond acceptors (Lipinski definition) is 4. The molecule has 30 heavy (non-hydrogen) atoms. The smallest absolute Gasteiger partial charge is 0.257 e. The molecule has 7 heteroatoms. The maximum absolute atomic E-state index is 12.4. The molecule has 0 aliphatic carbocycles. The minimum absolute atomic E-state index is 0.150. The van der Waals surface area contributed by atoms with E-state index in [1.807, 2.05) is 31.2 Å². The Morgan fingerprint density at radius 3 is 2.13 bits per heavy atom. The molecule has 0 saturated carbocycles. The largest absolute Gasteiger partial charge is 0.497 e. The van der Waals surface area contributed by atoms with Crippen LogP contribution in [0.2, 0.25) is 0 Å². The van der Waals surface area contributed by atoms with Gasteiger partial charge in [0.25, 0.3) is 11.8 Å². The molecule has 0 heterocycles. The molecule has 0 aliphatic heterocycles. The number of thiocarbonyl (C=S) groups is 1. The van der Waals surface area contributed by atoms with Crippen molar-refractivity contribution >= 4 is 40.5 Å². The second-order valence-corrected chi connectivity index (χ2v) is 6.85. The van der Waals surface area contributed by atoms with Crippen LogP contribution < -0.4 is 20.7 Å². The van der Waals surface area contributed by atoms with Gasteiger partial charge < -0.3 is 15.4 Å². The predicted molar refractivity (Wildman–Crippen MR) is 122 cm³/mol. The molecule has 6 nitrogen and oxygen atoms in total. The van der Waals surface area contributed by atoms with Crippen molar-refractivity contribution in [2.75, 3.05) is 17.7 Å². The number of carbonyl (C=O) groups is 2. The maximum Gasteiger partial charge on any atom is 0.257 e. The fourth-order valence-electron chi connectivity index (χ4n) is 2.78. The van der Waals surface area contributed by atoms with E-state index in [1.54, 1.807) is 48.5 Å². The third-order valence-electron chi connectivity index (χ3n) is 4.43. The molecule has 0 aliphatic rings. The van der Waals surface area contributed by atoms with Gasteiger partial charge in [-0.15, -0.1) is 0 Å². The number of ether oxygens (including phenoxy) is 1. The molecule has 3 aromatic rings. The number of hydrogen-bond donors (Lipinski definition) is 3. The van der Waals surface area contributed by atoms with Gasteiger partial charge in [0.2, 0.25) is 0 Å². The van der Waals surface area contributed by atoms with Gasteiger partial charge in [0.1, 0.15) is 5.75 Å². The van der Waals surface area contributed by atoms with Crippen LogP contribution in [-0.2, 0) is 0 Å². The molecule has 0 aromatic heterocycles. The van der Waals surface area contributed by atoms with E-state index < -0.39 is 0 Å². The third-order valence-corrected chi connectivity index (χ3v) is 4.63. The molecule has 0 radical (unpaired) electrons. The van der Waals surface area contributed by atoms with Crippen molar-refractivity contribution in [2.24, 2.45) is 0 Å². The van der Waals surface area contributed by atoms with Crippen molar-refractivity contribution in [1.82, 2.24) is 5.32 Å². The van der Waals surface area contributed by atoms with Gasteiger partial charge in [-0.05, 0) is 67.2 Å². The lowest BCUT2D eigenvalue weighted by Gasteiger charge is -2.15. The van der Waals surface area contributed by atoms with E-state index in [0.717, 1.165) is 5.56 Å². The van der Waals surface area contributed by atoms with Crippen LogP contribution in [0, 0.1) is 6.92 Å². The van der Waals surface area contributed by atoms with E-state index >= 15 is 0 Å². The van der Waals surface area contributed by atoms with Crippen LogP contribution in [0.3, 0.4) is 0 Å². The summed E-state index contributed by atoms with van der Waals surface area (Å²) in [4.78, 5) is 24.8. The number of carbonyl (C=O) groups excluding carboxylic acids is 2. The number of benzene rings is 3.